The van der Waals surface area contributed by atoms with Crippen molar-refractivity contribution < 1.29 is 35.6 Å². The topological polar surface area (TPSA) is 109 Å². The van der Waals surface area contributed by atoms with Crippen LogP contribution in [-0.4, -0.2) is 37.4 Å². The summed E-state index contributed by atoms with van der Waals surface area (Å²) in [6.45, 7) is 0. The van der Waals surface area contributed by atoms with Gasteiger partial charge in [-0.1, -0.05) is 12.1 Å². The van der Waals surface area contributed by atoms with E-state index in [2.05, 4.69) is 15.5 Å². The van der Waals surface area contributed by atoms with Crippen LogP contribution in [-0.2, 0) is 22.0 Å². The maximum Gasteiger partial charge on any atom is 0.269 e. The van der Waals surface area contributed by atoms with E-state index in [-0.39, 0.29) is 40.6 Å². The summed E-state index contributed by atoms with van der Waals surface area (Å²) in [5.41, 5.74) is -2.12. The summed E-state index contributed by atoms with van der Waals surface area (Å²) in [6.07, 6.45) is 0.111. The molecular weight excluding hydrogens is 514 g/mol. The number of fused-ring (bicyclic) bond motifs is 2. The molecule has 0 bridgehead atoms. The van der Waals surface area contributed by atoms with Crippen molar-refractivity contribution in [2.75, 3.05) is 7.05 Å². The van der Waals surface area contributed by atoms with Gasteiger partial charge >= 0.3 is 0 Å². The van der Waals surface area contributed by atoms with Crippen molar-refractivity contribution in [1.29, 1.82) is 0 Å². The Morgan fingerprint density at radius 3 is 2.51 bits per heavy atom. The van der Waals surface area contributed by atoms with Crippen LogP contribution < -0.4 is 5.32 Å². The number of rotatable bonds is 5. The molecule has 7 nitrogen and oxygen atoms in total. The second-order valence-electron chi connectivity index (χ2n) is 8.51. The van der Waals surface area contributed by atoms with Gasteiger partial charge in [0.25, 0.3) is 5.91 Å². The molecule has 5 rings (SSSR count). The normalized spacial score (nSPS) is 13.3. The third-order valence-electron chi connectivity index (χ3n) is 6.32. The molecule has 0 fully saturated rings. The maximum atomic E-state index is 15.6. The van der Waals surface area contributed by atoms with Crippen molar-refractivity contribution in [1.82, 2.24) is 15.5 Å². The predicted octanol–water partition coefficient (Wildman–Crippen LogP) is 4.25. The molecule has 1 amide bonds. The lowest BCUT2D eigenvalue weighted by Gasteiger charge is -2.13. The number of hydrogen-bond acceptors (Lipinski definition) is 5. The second-order valence-corrected chi connectivity index (χ2v) is 10.5. The molecule has 2 N–H and O–H groups in total. The number of amides is 1. The van der Waals surface area contributed by atoms with E-state index >= 15 is 8.78 Å². The molecule has 0 saturated carbocycles. The summed E-state index contributed by atoms with van der Waals surface area (Å²) in [7, 11) is -3.02. The Morgan fingerprint density at radius 2 is 1.78 bits per heavy atom. The first-order valence-corrected chi connectivity index (χ1v) is 12.6. The van der Waals surface area contributed by atoms with Gasteiger partial charge in [0, 0.05) is 35.5 Å². The Kier molecular flexibility index (Phi) is 5.86. The largest absolute Gasteiger partial charge is 0.354 e. The predicted molar refractivity (Wildman–Crippen MR) is 125 cm³/mol. The fourth-order valence-corrected chi connectivity index (χ4v) is 6.21. The first-order valence-electron chi connectivity index (χ1n) is 11.0. The Bertz CT molecular complexity index is 1750. The smallest absolute Gasteiger partial charge is 0.269 e. The number of carbonyl (C=O) groups is 2. The number of aromatic amines is 1. The highest BCUT2D eigenvalue weighted by atomic mass is 32.2. The SMILES string of the molecule is CNC(=O)c1[nH]nc2c(F)c(-c3c(F)ccc(CS(=O)(=O)c4cc(F)cc5c4CCC5=O)c3F)ccc12. The van der Waals surface area contributed by atoms with Gasteiger partial charge in [-0.15, -0.1) is 0 Å². The lowest BCUT2D eigenvalue weighted by Crippen LogP contribution is -2.18. The van der Waals surface area contributed by atoms with Gasteiger partial charge in [-0.2, -0.15) is 5.10 Å². The molecule has 1 aliphatic rings. The molecule has 0 spiro atoms. The number of aromatic nitrogens is 2. The van der Waals surface area contributed by atoms with E-state index in [0.717, 1.165) is 30.3 Å². The average molecular weight is 531 g/mol. The zero-order valence-electron chi connectivity index (χ0n) is 19.1. The van der Waals surface area contributed by atoms with Gasteiger partial charge in [0.05, 0.1) is 16.2 Å². The fourth-order valence-electron chi connectivity index (χ4n) is 4.54. The molecule has 0 unspecified atom stereocenters. The van der Waals surface area contributed by atoms with Gasteiger partial charge < -0.3 is 5.32 Å². The number of carbonyl (C=O) groups excluding carboxylic acids is 2. The van der Waals surface area contributed by atoms with Crippen molar-refractivity contribution >= 4 is 32.4 Å². The Balaban J connectivity index is 1.60. The molecule has 1 aromatic heterocycles. The van der Waals surface area contributed by atoms with Gasteiger partial charge in [0.1, 0.15) is 28.7 Å². The van der Waals surface area contributed by atoms with Crippen LogP contribution in [0.4, 0.5) is 17.6 Å². The minimum Gasteiger partial charge on any atom is -0.354 e. The van der Waals surface area contributed by atoms with Crippen LogP contribution in [0.2, 0.25) is 0 Å². The third-order valence-corrected chi connectivity index (χ3v) is 8.04. The summed E-state index contributed by atoms with van der Waals surface area (Å²) in [5, 5.41) is 8.55. The number of nitrogens with zero attached hydrogens (tertiary/aromatic N) is 1. The minimum absolute atomic E-state index is 0.0208. The summed E-state index contributed by atoms with van der Waals surface area (Å²) >= 11 is 0. The Morgan fingerprint density at radius 1 is 1.03 bits per heavy atom. The van der Waals surface area contributed by atoms with Crippen molar-refractivity contribution in [2.45, 2.75) is 23.5 Å². The van der Waals surface area contributed by atoms with Crippen LogP contribution in [0.25, 0.3) is 22.0 Å². The lowest BCUT2D eigenvalue weighted by atomic mass is 9.99. The molecule has 190 valence electrons. The number of nitrogens with one attached hydrogen (secondary N) is 2. The number of ketones is 1. The minimum atomic E-state index is -4.38. The summed E-state index contributed by atoms with van der Waals surface area (Å²) < 4.78 is 86.1. The summed E-state index contributed by atoms with van der Waals surface area (Å²) in [4.78, 5) is 23.5. The van der Waals surface area contributed by atoms with Crippen LogP contribution in [0, 0.1) is 23.3 Å². The molecule has 0 atom stereocenters. The molecule has 37 heavy (non-hydrogen) atoms. The molecule has 12 heteroatoms. The highest BCUT2D eigenvalue weighted by Crippen LogP contribution is 2.36. The van der Waals surface area contributed by atoms with Gasteiger partial charge in [-0.3, -0.25) is 14.7 Å². The van der Waals surface area contributed by atoms with Crippen LogP contribution >= 0.6 is 0 Å². The van der Waals surface area contributed by atoms with Crippen molar-refractivity contribution in [2.24, 2.45) is 0 Å². The number of hydrogen-bond donors (Lipinski definition) is 2. The van der Waals surface area contributed by atoms with Crippen LogP contribution in [0.5, 0.6) is 0 Å². The maximum absolute atomic E-state index is 15.6. The van der Waals surface area contributed by atoms with Gasteiger partial charge in [0.2, 0.25) is 0 Å². The zero-order chi connectivity index (χ0) is 26.6. The number of H-pyrrole nitrogens is 1. The molecule has 1 heterocycles. The van der Waals surface area contributed by atoms with E-state index < -0.39 is 72.1 Å². The zero-order valence-corrected chi connectivity index (χ0v) is 19.9. The van der Waals surface area contributed by atoms with Crippen molar-refractivity contribution in [3.8, 4) is 11.1 Å². The first-order chi connectivity index (χ1) is 17.5. The third kappa shape index (κ3) is 3.97. The van der Waals surface area contributed by atoms with E-state index in [0.29, 0.717) is 0 Å². The van der Waals surface area contributed by atoms with E-state index in [1.807, 2.05) is 0 Å². The lowest BCUT2D eigenvalue weighted by molar-refractivity contribution is 0.0958. The van der Waals surface area contributed by atoms with E-state index in [1.165, 1.54) is 13.1 Å². The fraction of sp³-hybridized carbons (Fsp3) is 0.160. The molecule has 0 aliphatic heterocycles. The van der Waals surface area contributed by atoms with Crippen LogP contribution in [0.3, 0.4) is 0 Å². The highest BCUT2D eigenvalue weighted by molar-refractivity contribution is 7.90. The average Bonchev–Trinajstić information content (AvgIpc) is 3.45. The number of benzene rings is 3. The Hall–Kier alpha value is -4.06. The standard InChI is InChI=1S/C25H17F4N3O4S/c1-30-25(34)24-15-4-3-14(22(29)23(15)31-32-24)20-17(27)6-2-11(21(20)28)10-37(35,36)19-9-12(26)8-16-13(19)5-7-18(16)33/h2-4,6,8-9H,5,7,10H2,1H3,(H,30,34)(H,31,32). The highest BCUT2D eigenvalue weighted by Gasteiger charge is 2.31. The summed E-state index contributed by atoms with van der Waals surface area (Å²) in [6, 6.07) is 5.76. The second kappa shape index (κ2) is 8.80. The van der Waals surface area contributed by atoms with E-state index in [1.54, 1.807) is 0 Å². The van der Waals surface area contributed by atoms with Gasteiger partial charge in [-0.05, 0) is 36.2 Å². The van der Waals surface area contributed by atoms with Gasteiger partial charge in [-0.25, -0.2) is 26.0 Å². The van der Waals surface area contributed by atoms with Crippen LogP contribution in [0.15, 0.2) is 41.3 Å². The van der Waals surface area contributed by atoms with Crippen LogP contribution in [0.1, 0.15) is 38.4 Å². The van der Waals surface area contributed by atoms with Crippen molar-refractivity contribution in [3.05, 3.63) is 82.1 Å². The Labute approximate surface area is 207 Å². The monoisotopic (exact) mass is 531 g/mol. The number of Topliss-reactive ketones (excluding diaryl/α,β-unsaturated/α-hetero) is 1. The number of halogens is 4. The summed E-state index contributed by atoms with van der Waals surface area (Å²) in [5.74, 6) is -6.50. The number of sulfone groups is 1. The molecule has 4 aromatic rings. The van der Waals surface area contributed by atoms with Crippen molar-refractivity contribution in [3.63, 3.8) is 0 Å². The molecule has 0 radical (unpaired) electrons. The molecule has 0 saturated heterocycles. The van der Waals surface area contributed by atoms with Gasteiger partial charge in [0.15, 0.2) is 21.4 Å². The molecular formula is C25H17F4N3O4S. The molecule has 3 aromatic carbocycles. The first kappa shape index (κ1) is 24.6. The van der Waals surface area contributed by atoms with E-state index in [9.17, 15) is 26.8 Å². The van der Waals surface area contributed by atoms with E-state index in [4.69, 9.17) is 0 Å². The quantitative estimate of drug-likeness (QED) is 0.375. The molecule has 1 aliphatic carbocycles.